The van der Waals surface area contributed by atoms with Crippen LogP contribution in [0.2, 0.25) is 0 Å². The van der Waals surface area contributed by atoms with Gasteiger partial charge in [0.1, 0.15) is 18.3 Å². The van der Waals surface area contributed by atoms with E-state index in [1.54, 1.807) is 0 Å². The fraction of sp³-hybridized carbons (Fsp3) is 0.250. The molecule has 2 N–H and O–H groups in total. The van der Waals surface area contributed by atoms with Crippen LogP contribution >= 0.6 is 12.6 Å². The van der Waals surface area contributed by atoms with Gasteiger partial charge in [-0.1, -0.05) is 42.5 Å². The third-order valence-corrected chi connectivity index (χ3v) is 5.07. The van der Waals surface area contributed by atoms with Crippen LogP contribution in [0.5, 0.6) is 5.75 Å². The number of amides is 3. The minimum Gasteiger partial charge on any atom is -0.508 e. The van der Waals surface area contributed by atoms with E-state index < -0.39 is 35.9 Å². The maximum atomic E-state index is 13.0. The number of carboxylic acids is 1. The van der Waals surface area contributed by atoms with E-state index in [0.717, 1.165) is 15.4 Å². The van der Waals surface area contributed by atoms with Crippen molar-refractivity contribution in [3.8, 4) is 5.75 Å². The quantitative estimate of drug-likeness (QED) is 0.490. The van der Waals surface area contributed by atoms with E-state index in [1.165, 1.54) is 24.3 Å². The lowest BCUT2D eigenvalue weighted by Crippen LogP contribution is -2.40. The molecular formula is C20H20N2O5S. The van der Waals surface area contributed by atoms with Crippen molar-refractivity contribution in [1.29, 1.82) is 0 Å². The van der Waals surface area contributed by atoms with Crippen molar-refractivity contribution in [2.45, 2.75) is 24.3 Å². The predicted molar refractivity (Wildman–Crippen MR) is 105 cm³/mol. The van der Waals surface area contributed by atoms with Crippen molar-refractivity contribution in [2.24, 2.45) is 0 Å². The van der Waals surface area contributed by atoms with Gasteiger partial charge in [-0.15, -0.1) is 0 Å². The number of rotatable bonds is 7. The van der Waals surface area contributed by atoms with Crippen LogP contribution in [-0.2, 0) is 16.0 Å². The number of phenolic OH excluding ortho intramolecular Hbond substituents is 1. The van der Waals surface area contributed by atoms with Gasteiger partial charge in [0.15, 0.2) is 0 Å². The number of benzene rings is 2. The molecule has 0 spiro atoms. The number of hydrogen-bond donors (Lipinski definition) is 3. The zero-order valence-electron chi connectivity index (χ0n) is 14.9. The first-order valence-electron chi connectivity index (χ1n) is 8.75. The Balaban J connectivity index is 1.83. The standard InChI is InChI=1S/C20H20N2O5S/c23-15-9-7-14(8-10-15)18-19(26)22(20(27)21(18)12-17(24)25)16(28)11-6-13-4-2-1-3-5-13/h1-5,7-10,16,18,23,28H,6,11-12H2,(H,24,25). The second kappa shape index (κ2) is 8.35. The molecule has 8 heteroatoms. The van der Waals surface area contributed by atoms with Crippen molar-refractivity contribution in [2.75, 3.05) is 6.54 Å². The summed E-state index contributed by atoms with van der Waals surface area (Å²) >= 11 is 4.44. The highest BCUT2D eigenvalue weighted by Crippen LogP contribution is 2.34. The summed E-state index contributed by atoms with van der Waals surface area (Å²) in [5.41, 5.74) is 1.49. The minimum absolute atomic E-state index is 0.0112. The highest BCUT2D eigenvalue weighted by molar-refractivity contribution is 7.80. The van der Waals surface area contributed by atoms with E-state index in [1.807, 2.05) is 30.3 Å². The Labute approximate surface area is 167 Å². The van der Waals surface area contributed by atoms with Crippen LogP contribution in [0, 0.1) is 0 Å². The van der Waals surface area contributed by atoms with Gasteiger partial charge in [-0.05, 0) is 36.1 Å². The topological polar surface area (TPSA) is 98.2 Å². The van der Waals surface area contributed by atoms with E-state index >= 15 is 0 Å². The second-order valence-electron chi connectivity index (χ2n) is 6.51. The van der Waals surface area contributed by atoms with Crippen molar-refractivity contribution >= 4 is 30.5 Å². The molecule has 1 aliphatic heterocycles. The molecule has 2 aromatic carbocycles. The maximum Gasteiger partial charge on any atom is 0.329 e. The first-order chi connectivity index (χ1) is 13.4. The van der Waals surface area contributed by atoms with Crippen molar-refractivity contribution in [3.63, 3.8) is 0 Å². The summed E-state index contributed by atoms with van der Waals surface area (Å²) in [6.07, 6.45) is 1.06. The summed E-state index contributed by atoms with van der Waals surface area (Å²) in [6.45, 7) is -0.605. The molecule has 0 radical (unpaired) electrons. The number of nitrogens with zero attached hydrogens (tertiary/aromatic N) is 2. The van der Waals surface area contributed by atoms with Crippen molar-refractivity contribution in [1.82, 2.24) is 9.80 Å². The van der Waals surface area contributed by atoms with Gasteiger partial charge in [0.05, 0.1) is 5.37 Å². The van der Waals surface area contributed by atoms with Crippen molar-refractivity contribution in [3.05, 3.63) is 65.7 Å². The predicted octanol–water partition coefficient (Wildman–Crippen LogP) is 2.67. The summed E-state index contributed by atoms with van der Waals surface area (Å²) < 4.78 is 0. The number of carboxylic acid groups (broad SMARTS) is 1. The number of carbonyl (C=O) groups is 3. The largest absolute Gasteiger partial charge is 0.508 e. The Morgan fingerprint density at radius 3 is 2.32 bits per heavy atom. The number of thiol groups is 1. The molecule has 7 nitrogen and oxygen atoms in total. The smallest absolute Gasteiger partial charge is 0.329 e. The molecule has 3 amide bonds. The third kappa shape index (κ3) is 4.12. The van der Waals surface area contributed by atoms with Crippen LogP contribution in [0.15, 0.2) is 54.6 Å². The Hall–Kier alpha value is -3.00. The summed E-state index contributed by atoms with van der Waals surface area (Å²) in [4.78, 5) is 39.1. The van der Waals surface area contributed by atoms with E-state index in [4.69, 9.17) is 0 Å². The number of aromatic hydroxyl groups is 1. The maximum absolute atomic E-state index is 13.0. The van der Waals surface area contributed by atoms with E-state index in [0.29, 0.717) is 18.4 Å². The molecule has 0 aliphatic carbocycles. The van der Waals surface area contributed by atoms with Crippen LogP contribution in [-0.4, -0.2) is 49.8 Å². The minimum atomic E-state index is -1.22. The first-order valence-corrected chi connectivity index (χ1v) is 9.26. The average molecular weight is 400 g/mol. The van der Waals surface area contributed by atoms with Gasteiger partial charge in [0.2, 0.25) is 0 Å². The fourth-order valence-corrected chi connectivity index (χ4v) is 3.58. The summed E-state index contributed by atoms with van der Waals surface area (Å²) in [7, 11) is 0. The molecule has 1 heterocycles. The molecular weight excluding hydrogens is 380 g/mol. The molecule has 2 unspecified atom stereocenters. The molecule has 2 aromatic rings. The molecule has 3 rings (SSSR count). The number of imide groups is 1. The van der Waals surface area contributed by atoms with Gasteiger partial charge in [0.25, 0.3) is 5.91 Å². The van der Waals surface area contributed by atoms with Crippen LogP contribution in [0.1, 0.15) is 23.6 Å². The molecule has 0 saturated carbocycles. The second-order valence-corrected chi connectivity index (χ2v) is 7.11. The summed E-state index contributed by atoms with van der Waals surface area (Å²) in [6, 6.07) is 13.7. The van der Waals surface area contributed by atoms with Crippen LogP contribution in [0.3, 0.4) is 0 Å². The van der Waals surface area contributed by atoms with Gasteiger partial charge in [-0.2, -0.15) is 12.6 Å². The van der Waals surface area contributed by atoms with Gasteiger partial charge in [0, 0.05) is 0 Å². The molecule has 146 valence electrons. The summed E-state index contributed by atoms with van der Waals surface area (Å²) in [5, 5.41) is 18.0. The highest BCUT2D eigenvalue weighted by Gasteiger charge is 2.48. The molecule has 28 heavy (non-hydrogen) atoms. The zero-order valence-corrected chi connectivity index (χ0v) is 15.8. The van der Waals surface area contributed by atoms with E-state index in [2.05, 4.69) is 12.6 Å². The zero-order chi connectivity index (χ0) is 20.3. The molecule has 1 fully saturated rings. The van der Waals surface area contributed by atoms with Gasteiger partial charge in [-0.3, -0.25) is 14.5 Å². The normalized spacial score (nSPS) is 17.8. The number of hydrogen-bond acceptors (Lipinski definition) is 5. The van der Waals surface area contributed by atoms with Gasteiger partial charge in [-0.25, -0.2) is 9.69 Å². The van der Waals surface area contributed by atoms with Crippen molar-refractivity contribution < 1.29 is 24.6 Å². The number of aliphatic carboxylic acids is 1. The highest BCUT2D eigenvalue weighted by atomic mass is 32.1. The lowest BCUT2D eigenvalue weighted by atomic mass is 10.1. The molecule has 1 saturated heterocycles. The monoisotopic (exact) mass is 400 g/mol. The lowest BCUT2D eigenvalue weighted by Gasteiger charge is -2.22. The van der Waals surface area contributed by atoms with E-state index in [9.17, 15) is 24.6 Å². The first kappa shape index (κ1) is 19.8. The Morgan fingerprint density at radius 2 is 1.71 bits per heavy atom. The van der Waals surface area contributed by atoms with Crippen LogP contribution in [0.4, 0.5) is 4.79 Å². The Bertz CT molecular complexity index is 872. The SMILES string of the molecule is O=C(O)CN1C(=O)N(C(S)CCc2ccccc2)C(=O)C1c1ccc(O)cc1. The number of carbonyl (C=O) groups excluding carboxylic acids is 2. The summed E-state index contributed by atoms with van der Waals surface area (Å²) in [5.74, 6) is -1.73. The van der Waals surface area contributed by atoms with Gasteiger partial charge < -0.3 is 10.2 Å². The van der Waals surface area contributed by atoms with E-state index in [-0.39, 0.29) is 5.75 Å². The lowest BCUT2D eigenvalue weighted by molar-refractivity contribution is -0.138. The molecule has 0 bridgehead atoms. The average Bonchev–Trinajstić information content (AvgIpc) is 2.91. The third-order valence-electron chi connectivity index (χ3n) is 4.58. The van der Waals surface area contributed by atoms with Crippen LogP contribution in [0.25, 0.3) is 0 Å². The Kier molecular flexibility index (Phi) is 5.89. The van der Waals surface area contributed by atoms with Crippen LogP contribution < -0.4 is 0 Å². The molecule has 0 aromatic heterocycles. The number of phenols is 1. The fourth-order valence-electron chi connectivity index (χ4n) is 3.24. The Morgan fingerprint density at radius 1 is 1.07 bits per heavy atom. The van der Waals surface area contributed by atoms with Gasteiger partial charge >= 0.3 is 12.0 Å². The molecule has 2 atom stereocenters. The number of urea groups is 1. The number of aryl methyl sites for hydroxylation is 1. The molecule has 1 aliphatic rings.